The van der Waals surface area contributed by atoms with E-state index in [0.29, 0.717) is 18.2 Å². The molecule has 2 aromatic carbocycles. The fraction of sp³-hybridized carbons (Fsp3) is 0.424. The molecule has 6 heteroatoms. The summed E-state index contributed by atoms with van der Waals surface area (Å²) in [6.07, 6.45) is 7.32. The van der Waals surface area contributed by atoms with Gasteiger partial charge in [-0.2, -0.15) is 0 Å². The van der Waals surface area contributed by atoms with E-state index in [1.165, 1.54) is 11.3 Å². The number of nitrogens with one attached hydrogen (secondary N) is 2. The molecule has 1 saturated heterocycles. The molecule has 1 aliphatic heterocycles. The Balaban J connectivity index is 1.87. The zero-order valence-corrected chi connectivity index (χ0v) is 24.6. The van der Waals surface area contributed by atoms with E-state index >= 15 is 0 Å². The number of nitrogens with zero attached hydrogens (tertiary/aromatic N) is 2. The zero-order valence-electron chi connectivity index (χ0n) is 24.6. The first-order valence-corrected chi connectivity index (χ1v) is 14.2. The van der Waals surface area contributed by atoms with Gasteiger partial charge in [0.05, 0.1) is 18.0 Å². The second kappa shape index (κ2) is 14.6. The third-order valence-electron chi connectivity index (χ3n) is 7.17. The molecule has 2 aromatic rings. The first-order valence-electron chi connectivity index (χ1n) is 14.2. The molecule has 39 heavy (non-hydrogen) atoms. The van der Waals surface area contributed by atoms with Crippen LogP contribution in [0.25, 0.3) is 0 Å². The Kier molecular flexibility index (Phi) is 11.2. The minimum Gasteiger partial charge on any atom is -0.492 e. The highest BCUT2D eigenvalue weighted by molar-refractivity contribution is 6.00. The normalized spacial score (nSPS) is 15.8. The Morgan fingerprint density at radius 3 is 2.64 bits per heavy atom. The van der Waals surface area contributed by atoms with Crippen molar-refractivity contribution in [3.63, 3.8) is 0 Å². The Bertz CT molecular complexity index is 1200. The van der Waals surface area contributed by atoms with Gasteiger partial charge < -0.3 is 25.2 Å². The molecule has 1 fully saturated rings. The molecule has 3 rings (SSSR count). The molecule has 1 heterocycles. The van der Waals surface area contributed by atoms with Gasteiger partial charge in [-0.1, -0.05) is 38.6 Å². The molecule has 0 aliphatic carbocycles. The van der Waals surface area contributed by atoms with Gasteiger partial charge in [-0.25, -0.2) is 0 Å². The topological polar surface area (TPSA) is 56.8 Å². The average Bonchev–Trinajstić information content (AvgIpc) is 3.41. The van der Waals surface area contributed by atoms with E-state index < -0.39 is 0 Å². The maximum absolute atomic E-state index is 12.3. The van der Waals surface area contributed by atoms with Gasteiger partial charge in [-0.15, -0.1) is 0 Å². The fourth-order valence-electron chi connectivity index (χ4n) is 5.10. The van der Waals surface area contributed by atoms with Crippen molar-refractivity contribution >= 4 is 22.8 Å². The van der Waals surface area contributed by atoms with E-state index in [0.717, 1.165) is 67.4 Å². The molecule has 0 aromatic heterocycles. The van der Waals surface area contributed by atoms with Crippen molar-refractivity contribution in [1.82, 2.24) is 5.32 Å². The van der Waals surface area contributed by atoms with E-state index in [2.05, 4.69) is 65.1 Å². The van der Waals surface area contributed by atoms with Gasteiger partial charge >= 0.3 is 0 Å². The lowest BCUT2D eigenvalue weighted by atomic mass is 10.0. The van der Waals surface area contributed by atoms with Crippen molar-refractivity contribution < 1.29 is 9.53 Å². The number of ketones is 1. The lowest BCUT2D eigenvalue weighted by molar-refractivity contribution is 0.101. The first-order chi connectivity index (χ1) is 18.8. The number of carbonyl (C=O) groups excluding carboxylic acids is 1. The van der Waals surface area contributed by atoms with E-state index in [1.807, 2.05) is 51.2 Å². The third-order valence-corrected chi connectivity index (χ3v) is 7.17. The SMILES string of the molecule is C=C(/C=C(\C(=C/C)CC)N(C)c1ccccc1C(C)=O)Nc1ccc(N2CCC(NCCC)C2)cc1OCC. The van der Waals surface area contributed by atoms with Crippen LogP contribution in [0.15, 0.2) is 78.2 Å². The molecule has 0 saturated carbocycles. The Morgan fingerprint density at radius 1 is 1.21 bits per heavy atom. The number of para-hydroxylation sites is 1. The van der Waals surface area contributed by atoms with Crippen LogP contribution in [0.4, 0.5) is 17.1 Å². The lowest BCUT2D eigenvalue weighted by Gasteiger charge is -2.27. The van der Waals surface area contributed by atoms with Crippen LogP contribution in [-0.2, 0) is 0 Å². The molecule has 0 spiro atoms. The summed E-state index contributed by atoms with van der Waals surface area (Å²) < 4.78 is 6.06. The number of rotatable bonds is 14. The molecule has 1 unspecified atom stereocenters. The summed E-state index contributed by atoms with van der Waals surface area (Å²) >= 11 is 0. The largest absolute Gasteiger partial charge is 0.492 e. The van der Waals surface area contributed by atoms with Crippen LogP contribution in [0.2, 0.25) is 0 Å². The monoisotopic (exact) mass is 530 g/mol. The van der Waals surface area contributed by atoms with Gasteiger partial charge in [0, 0.05) is 54.9 Å². The van der Waals surface area contributed by atoms with Crippen LogP contribution in [0.5, 0.6) is 5.75 Å². The molecule has 0 radical (unpaired) electrons. The zero-order chi connectivity index (χ0) is 28.4. The minimum atomic E-state index is 0.0409. The third kappa shape index (κ3) is 7.76. The lowest BCUT2D eigenvalue weighted by Crippen LogP contribution is -2.32. The standard InChI is InChI=1S/C33H46N4O2/c1-8-19-34-27-18-20-37(23-27)28-16-17-30(33(22-28)39-11-4)35-24(5)21-32(26(9-2)10-3)36(7)31-15-13-12-14-29(31)25(6)38/h9,12-17,21-22,27,34-35H,5,8,10-11,18-20,23H2,1-4,6-7H3/b26-9-,32-21+. The number of carbonyl (C=O) groups is 1. The molecule has 1 aliphatic rings. The molecule has 6 nitrogen and oxygen atoms in total. The van der Waals surface area contributed by atoms with E-state index in [4.69, 9.17) is 4.74 Å². The van der Waals surface area contributed by atoms with Gasteiger partial charge in [-0.3, -0.25) is 4.79 Å². The summed E-state index contributed by atoms with van der Waals surface area (Å²) in [4.78, 5) is 16.8. The van der Waals surface area contributed by atoms with E-state index in [9.17, 15) is 4.79 Å². The summed E-state index contributed by atoms with van der Waals surface area (Å²) in [7, 11) is 2.00. The van der Waals surface area contributed by atoms with Crippen LogP contribution < -0.4 is 25.2 Å². The molecular formula is C33H46N4O2. The van der Waals surface area contributed by atoms with Gasteiger partial charge in [0.25, 0.3) is 0 Å². The smallest absolute Gasteiger partial charge is 0.161 e. The average molecular weight is 531 g/mol. The molecule has 0 bridgehead atoms. The second-order valence-corrected chi connectivity index (χ2v) is 9.98. The maximum Gasteiger partial charge on any atom is 0.161 e. The summed E-state index contributed by atoms with van der Waals surface area (Å²) in [5, 5.41) is 7.12. The Hall–Kier alpha value is -3.51. The van der Waals surface area contributed by atoms with Gasteiger partial charge in [0.1, 0.15) is 5.75 Å². The van der Waals surface area contributed by atoms with Crippen molar-refractivity contribution in [3.05, 3.63) is 83.7 Å². The quantitative estimate of drug-likeness (QED) is 0.199. The number of ether oxygens (including phenoxy) is 1. The number of likely N-dealkylation sites (N-methyl/N-ethyl adjacent to an activating group) is 1. The highest BCUT2D eigenvalue weighted by Gasteiger charge is 2.23. The maximum atomic E-state index is 12.3. The second-order valence-electron chi connectivity index (χ2n) is 9.98. The summed E-state index contributed by atoms with van der Waals surface area (Å²) in [6, 6.07) is 14.6. The summed E-state index contributed by atoms with van der Waals surface area (Å²) in [5.74, 6) is 0.854. The minimum absolute atomic E-state index is 0.0409. The molecule has 0 amide bonds. The van der Waals surface area contributed by atoms with Crippen LogP contribution in [-0.4, -0.2) is 45.1 Å². The number of Topliss-reactive ketones (excluding diaryl/α,β-unsaturated/α-hetero) is 1. The molecule has 210 valence electrons. The molecule has 2 N–H and O–H groups in total. The van der Waals surface area contributed by atoms with Crippen LogP contribution in [0.1, 0.15) is 64.2 Å². The predicted molar refractivity (Wildman–Crippen MR) is 166 cm³/mol. The summed E-state index contributed by atoms with van der Waals surface area (Å²) in [5.41, 5.74) is 6.51. The number of hydrogen-bond donors (Lipinski definition) is 2. The number of anilines is 3. The molecular weight excluding hydrogens is 484 g/mol. The molecule has 1 atom stereocenters. The van der Waals surface area contributed by atoms with Crippen molar-refractivity contribution in [1.29, 1.82) is 0 Å². The predicted octanol–water partition coefficient (Wildman–Crippen LogP) is 7.17. The van der Waals surface area contributed by atoms with Gasteiger partial charge in [0.2, 0.25) is 0 Å². The van der Waals surface area contributed by atoms with Crippen LogP contribution >= 0.6 is 0 Å². The van der Waals surface area contributed by atoms with Crippen molar-refractivity contribution in [3.8, 4) is 5.75 Å². The van der Waals surface area contributed by atoms with Crippen LogP contribution in [0.3, 0.4) is 0 Å². The number of hydrogen-bond acceptors (Lipinski definition) is 6. The Morgan fingerprint density at radius 2 is 1.97 bits per heavy atom. The van der Waals surface area contributed by atoms with Crippen LogP contribution in [0, 0.1) is 0 Å². The first kappa shape index (κ1) is 30.0. The van der Waals surface area contributed by atoms with Crippen molar-refractivity contribution in [2.75, 3.05) is 48.4 Å². The summed E-state index contributed by atoms with van der Waals surface area (Å²) in [6.45, 7) is 18.0. The number of benzene rings is 2. The van der Waals surface area contributed by atoms with Crippen molar-refractivity contribution in [2.24, 2.45) is 0 Å². The van der Waals surface area contributed by atoms with E-state index in [1.54, 1.807) is 6.92 Å². The van der Waals surface area contributed by atoms with Gasteiger partial charge in [0.15, 0.2) is 5.78 Å². The van der Waals surface area contributed by atoms with Crippen molar-refractivity contribution in [2.45, 2.75) is 59.9 Å². The number of allylic oxidation sites excluding steroid dienone is 3. The van der Waals surface area contributed by atoms with Gasteiger partial charge in [-0.05, 0) is 82.5 Å². The highest BCUT2D eigenvalue weighted by atomic mass is 16.5. The highest BCUT2D eigenvalue weighted by Crippen LogP contribution is 2.34. The fourth-order valence-corrected chi connectivity index (χ4v) is 5.10. The Labute approximate surface area is 235 Å². The van der Waals surface area contributed by atoms with E-state index in [-0.39, 0.29) is 5.78 Å².